The number of fused-ring (bicyclic) bond motifs is 1. The molecule has 0 bridgehead atoms. The molecule has 1 amide bonds. The molecule has 0 spiro atoms. The molecular weight excluding hydrogens is 510 g/mol. The second-order valence-electron chi connectivity index (χ2n) is 9.87. The van der Waals surface area contributed by atoms with Gasteiger partial charge in [-0.25, -0.2) is 14.4 Å². The SMILES string of the molecule is Cc1ccc(C(=O)Nc2ccc(F)c(C(F)(F)F)c2)cc1-c1ccc2nc(NC3CCN(C)CC3)ncc2c1. The van der Waals surface area contributed by atoms with Crippen molar-refractivity contribution in [3.8, 4) is 11.1 Å². The van der Waals surface area contributed by atoms with Gasteiger partial charge in [-0.15, -0.1) is 0 Å². The summed E-state index contributed by atoms with van der Waals surface area (Å²) in [5, 5.41) is 6.69. The van der Waals surface area contributed by atoms with Crippen LogP contribution in [0.25, 0.3) is 22.0 Å². The zero-order valence-corrected chi connectivity index (χ0v) is 21.4. The van der Waals surface area contributed by atoms with Crippen molar-refractivity contribution >= 4 is 28.4 Å². The molecule has 2 heterocycles. The number of hydrogen-bond acceptors (Lipinski definition) is 5. The summed E-state index contributed by atoms with van der Waals surface area (Å²) in [6, 6.07) is 13.5. The van der Waals surface area contributed by atoms with Crippen molar-refractivity contribution in [1.29, 1.82) is 0 Å². The summed E-state index contributed by atoms with van der Waals surface area (Å²) < 4.78 is 52.8. The number of rotatable bonds is 5. The van der Waals surface area contributed by atoms with Crippen molar-refractivity contribution in [1.82, 2.24) is 14.9 Å². The maximum Gasteiger partial charge on any atom is 0.419 e. The number of alkyl halides is 3. The number of halogens is 4. The topological polar surface area (TPSA) is 70.2 Å². The van der Waals surface area contributed by atoms with Gasteiger partial charge in [-0.3, -0.25) is 4.79 Å². The molecule has 202 valence electrons. The molecule has 1 aromatic heterocycles. The summed E-state index contributed by atoms with van der Waals surface area (Å²) in [4.78, 5) is 24.3. The van der Waals surface area contributed by atoms with Crippen LogP contribution in [0.3, 0.4) is 0 Å². The molecule has 0 aliphatic carbocycles. The summed E-state index contributed by atoms with van der Waals surface area (Å²) in [6.45, 7) is 3.97. The Morgan fingerprint density at radius 1 is 1.03 bits per heavy atom. The molecular formula is C29H27F4N5O. The Bertz CT molecular complexity index is 1530. The number of aromatic nitrogens is 2. The van der Waals surface area contributed by atoms with Gasteiger partial charge in [0.25, 0.3) is 5.91 Å². The first-order valence-electron chi connectivity index (χ1n) is 12.6. The zero-order valence-electron chi connectivity index (χ0n) is 21.4. The summed E-state index contributed by atoms with van der Waals surface area (Å²) in [5.74, 6) is -1.41. The number of carbonyl (C=O) groups excluding carboxylic acids is 1. The van der Waals surface area contributed by atoms with Gasteiger partial charge in [0, 0.05) is 28.9 Å². The van der Waals surface area contributed by atoms with Crippen molar-refractivity contribution in [3.05, 3.63) is 83.3 Å². The van der Waals surface area contributed by atoms with E-state index in [1.165, 1.54) is 0 Å². The van der Waals surface area contributed by atoms with Gasteiger partial charge >= 0.3 is 6.18 Å². The van der Waals surface area contributed by atoms with Crippen molar-refractivity contribution in [2.24, 2.45) is 0 Å². The molecule has 10 heteroatoms. The predicted molar refractivity (Wildman–Crippen MR) is 143 cm³/mol. The molecule has 2 N–H and O–H groups in total. The van der Waals surface area contributed by atoms with E-state index in [1.807, 2.05) is 25.1 Å². The van der Waals surface area contributed by atoms with Gasteiger partial charge < -0.3 is 15.5 Å². The molecule has 1 saturated heterocycles. The summed E-state index contributed by atoms with van der Waals surface area (Å²) in [6.07, 6.45) is -1.04. The lowest BCUT2D eigenvalue weighted by molar-refractivity contribution is -0.139. The van der Waals surface area contributed by atoms with Gasteiger partial charge in [0.15, 0.2) is 0 Å². The molecule has 5 rings (SSSR count). The second kappa shape index (κ2) is 10.6. The first-order valence-corrected chi connectivity index (χ1v) is 12.6. The highest BCUT2D eigenvalue weighted by atomic mass is 19.4. The number of anilines is 2. The number of piperidine rings is 1. The first kappa shape index (κ1) is 26.6. The van der Waals surface area contributed by atoms with Gasteiger partial charge in [-0.05, 0) is 99.1 Å². The minimum absolute atomic E-state index is 0.150. The average molecular weight is 538 g/mol. The largest absolute Gasteiger partial charge is 0.419 e. The van der Waals surface area contributed by atoms with E-state index < -0.39 is 23.5 Å². The van der Waals surface area contributed by atoms with Gasteiger partial charge in [0.1, 0.15) is 5.82 Å². The Labute approximate surface area is 223 Å². The van der Waals surface area contributed by atoms with Crippen molar-refractivity contribution < 1.29 is 22.4 Å². The molecule has 0 unspecified atom stereocenters. The van der Waals surface area contributed by atoms with Crippen LogP contribution in [0.4, 0.5) is 29.2 Å². The summed E-state index contributed by atoms with van der Waals surface area (Å²) in [7, 11) is 2.11. The highest BCUT2D eigenvalue weighted by Gasteiger charge is 2.34. The van der Waals surface area contributed by atoms with Crippen LogP contribution in [0.2, 0.25) is 0 Å². The van der Waals surface area contributed by atoms with Crippen LogP contribution in [0.1, 0.15) is 34.3 Å². The Morgan fingerprint density at radius 3 is 2.54 bits per heavy atom. The van der Waals surface area contributed by atoms with Crippen LogP contribution >= 0.6 is 0 Å². The molecule has 6 nitrogen and oxygen atoms in total. The van der Waals surface area contributed by atoms with E-state index in [1.54, 1.807) is 24.4 Å². The fraction of sp³-hybridized carbons (Fsp3) is 0.276. The predicted octanol–water partition coefficient (Wildman–Crippen LogP) is 6.52. The summed E-state index contributed by atoms with van der Waals surface area (Å²) >= 11 is 0. The Hall–Kier alpha value is -4.05. The highest BCUT2D eigenvalue weighted by molar-refractivity contribution is 6.05. The minimum Gasteiger partial charge on any atom is -0.351 e. The van der Waals surface area contributed by atoms with Gasteiger partial charge in [-0.1, -0.05) is 12.1 Å². The number of nitrogens with one attached hydrogen (secondary N) is 2. The molecule has 4 aromatic rings. The number of aryl methyl sites for hydroxylation is 1. The number of nitrogens with zero attached hydrogens (tertiary/aromatic N) is 3. The molecule has 0 saturated carbocycles. The normalized spacial score (nSPS) is 14.9. The van der Waals surface area contributed by atoms with Gasteiger partial charge in [-0.2, -0.15) is 13.2 Å². The lowest BCUT2D eigenvalue weighted by atomic mass is 9.97. The fourth-order valence-electron chi connectivity index (χ4n) is 4.70. The quantitative estimate of drug-likeness (QED) is 0.284. The molecule has 1 aliphatic heterocycles. The van der Waals surface area contributed by atoms with Crippen molar-refractivity contribution in [2.45, 2.75) is 32.0 Å². The number of carbonyl (C=O) groups is 1. The van der Waals surface area contributed by atoms with E-state index in [9.17, 15) is 22.4 Å². The minimum atomic E-state index is -4.87. The van der Waals surface area contributed by atoms with E-state index in [0.29, 0.717) is 24.1 Å². The van der Waals surface area contributed by atoms with Crippen molar-refractivity contribution in [2.75, 3.05) is 30.8 Å². The Morgan fingerprint density at radius 2 is 1.79 bits per heavy atom. The molecule has 1 fully saturated rings. The van der Waals surface area contributed by atoms with E-state index in [0.717, 1.165) is 59.6 Å². The third kappa shape index (κ3) is 6.01. The number of hydrogen-bond donors (Lipinski definition) is 2. The number of likely N-dealkylation sites (tertiary alicyclic amines) is 1. The zero-order chi connectivity index (χ0) is 27.7. The number of benzene rings is 3. The Balaban J connectivity index is 1.36. The smallest absolute Gasteiger partial charge is 0.351 e. The third-order valence-electron chi connectivity index (χ3n) is 6.97. The van der Waals surface area contributed by atoms with E-state index in [4.69, 9.17) is 0 Å². The van der Waals surface area contributed by atoms with Crippen molar-refractivity contribution in [3.63, 3.8) is 0 Å². The lowest BCUT2D eigenvalue weighted by Crippen LogP contribution is -2.37. The number of amides is 1. The maximum absolute atomic E-state index is 13.6. The third-order valence-corrected chi connectivity index (χ3v) is 6.97. The average Bonchev–Trinajstić information content (AvgIpc) is 2.90. The van der Waals surface area contributed by atoms with E-state index >= 15 is 0 Å². The molecule has 1 aliphatic rings. The van der Waals surface area contributed by atoms with Gasteiger partial charge in [0.2, 0.25) is 5.95 Å². The van der Waals surface area contributed by atoms with Crippen LogP contribution in [0.15, 0.2) is 60.8 Å². The second-order valence-corrected chi connectivity index (χ2v) is 9.87. The molecule has 39 heavy (non-hydrogen) atoms. The van der Waals surface area contributed by atoms with Crippen LogP contribution in [0, 0.1) is 12.7 Å². The standard InChI is InChI=1S/C29H27F4N5O/c1-17-3-4-19(27(39)35-22-6-7-25(30)24(15-22)29(31,32)33)14-23(17)18-5-8-26-20(13-18)16-34-28(37-26)36-21-9-11-38(2)12-10-21/h3-8,13-16,21H,9-12H2,1-2H3,(H,35,39)(H,34,36,37). The molecule has 0 radical (unpaired) electrons. The Kier molecular flexibility index (Phi) is 7.22. The summed E-state index contributed by atoms with van der Waals surface area (Å²) in [5.41, 5.74) is 1.99. The maximum atomic E-state index is 13.6. The fourth-order valence-corrected chi connectivity index (χ4v) is 4.70. The van der Waals surface area contributed by atoms with E-state index in [-0.39, 0.29) is 11.3 Å². The highest BCUT2D eigenvalue weighted by Crippen LogP contribution is 2.33. The van der Waals surface area contributed by atoms with Crippen LogP contribution in [-0.2, 0) is 6.18 Å². The first-order chi connectivity index (χ1) is 18.6. The van der Waals surface area contributed by atoms with Crippen LogP contribution in [-0.4, -0.2) is 47.0 Å². The van der Waals surface area contributed by atoms with E-state index in [2.05, 4.69) is 32.5 Å². The molecule has 0 atom stereocenters. The van der Waals surface area contributed by atoms with Crippen LogP contribution < -0.4 is 10.6 Å². The lowest BCUT2D eigenvalue weighted by Gasteiger charge is -2.29. The monoisotopic (exact) mass is 537 g/mol. The van der Waals surface area contributed by atoms with Crippen LogP contribution in [0.5, 0.6) is 0 Å². The molecule has 3 aromatic carbocycles. The van der Waals surface area contributed by atoms with Gasteiger partial charge in [0.05, 0.1) is 11.1 Å².